The largest absolute Gasteiger partial charge is 0.393 e. The first-order valence-corrected chi connectivity index (χ1v) is 7.27. The molecule has 17 heavy (non-hydrogen) atoms. The highest BCUT2D eigenvalue weighted by molar-refractivity contribution is 7.80. The van der Waals surface area contributed by atoms with Crippen LogP contribution in [0.1, 0.15) is 53.4 Å². The van der Waals surface area contributed by atoms with Crippen molar-refractivity contribution in [2.75, 3.05) is 13.1 Å². The molecule has 2 N–H and O–H groups in total. The Morgan fingerprint density at radius 3 is 2.41 bits per heavy atom. The monoisotopic (exact) mass is 256 g/mol. The predicted molar refractivity (Wildman–Crippen MR) is 79.2 cm³/mol. The Balaban J connectivity index is 2.28. The first-order chi connectivity index (χ1) is 7.83. The maximum absolute atomic E-state index is 5.76. The van der Waals surface area contributed by atoms with Crippen molar-refractivity contribution < 1.29 is 0 Å². The molecule has 0 radical (unpaired) electrons. The number of thiocarbonyl (C=S) groups is 1. The number of nitrogens with zero attached hydrogens (tertiary/aromatic N) is 1. The van der Waals surface area contributed by atoms with Crippen LogP contribution in [0.25, 0.3) is 0 Å². The lowest BCUT2D eigenvalue weighted by Crippen LogP contribution is -2.35. The van der Waals surface area contributed by atoms with Gasteiger partial charge in [-0.1, -0.05) is 26.1 Å². The third-order valence-electron chi connectivity index (χ3n) is 3.83. The number of hydrogen-bond donors (Lipinski definition) is 1. The van der Waals surface area contributed by atoms with Gasteiger partial charge in [0.25, 0.3) is 0 Å². The Hall–Kier alpha value is -0.150. The summed E-state index contributed by atoms with van der Waals surface area (Å²) in [7, 11) is 0. The van der Waals surface area contributed by atoms with Crippen LogP contribution in [0, 0.1) is 11.3 Å². The van der Waals surface area contributed by atoms with E-state index in [4.69, 9.17) is 18.0 Å². The molecule has 0 aliphatic heterocycles. The molecule has 0 atom stereocenters. The molecule has 100 valence electrons. The number of nitrogens with two attached hydrogens (primary N) is 1. The zero-order chi connectivity index (χ0) is 13.1. The van der Waals surface area contributed by atoms with Crippen molar-refractivity contribution in [1.29, 1.82) is 0 Å². The van der Waals surface area contributed by atoms with Crippen molar-refractivity contribution in [3.8, 4) is 0 Å². The third kappa shape index (κ3) is 5.35. The number of hydrogen-bond acceptors (Lipinski definition) is 2. The molecule has 0 aromatic rings. The Morgan fingerprint density at radius 2 is 2.00 bits per heavy atom. The average molecular weight is 256 g/mol. The minimum absolute atomic E-state index is 0.0115. The highest BCUT2D eigenvalue weighted by Gasteiger charge is 2.26. The summed E-state index contributed by atoms with van der Waals surface area (Å²) in [5.74, 6) is 0.973. The summed E-state index contributed by atoms with van der Waals surface area (Å²) in [6.45, 7) is 11.3. The van der Waals surface area contributed by atoms with E-state index in [1.165, 1.54) is 32.4 Å². The van der Waals surface area contributed by atoms with Gasteiger partial charge in [0.1, 0.15) is 0 Å². The van der Waals surface area contributed by atoms with Crippen LogP contribution in [0.3, 0.4) is 0 Å². The Bertz CT molecular complexity index is 257. The van der Waals surface area contributed by atoms with Gasteiger partial charge in [-0.25, -0.2) is 0 Å². The van der Waals surface area contributed by atoms with Gasteiger partial charge in [-0.15, -0.1) is 0 Å². The normalized spacial score (nSPS) is 16.8. The lowest BCUT2D eigenvalue weighted by atomic mass is 9.88. The topological polar surface area (TPSA) is 29.3 Å². The zero-order valence-electron chi connectivity index (χ0n) is 11.8. The quantitative estimate of drug-likeness (QED) is 0.676. The Kier molecular flexibility index (Phi) is 5.39. The van der Waals surface area contributed by atoms with Crippen molar-refractivity contribution in [2.45, 2.75) is 59.4 Å². The molecule has 1 fully saturated rings. The highest BCUT2D eigenvalue weighted by Crippen LogP contribution is 2.30. The van der Waals surface area contributed by atoms with E-state index in [0.29, 0.717) is 11.0 Å². The highest BCUT2D eigenvalue weighted by atomic mass is 32.1. The molecule has 3 heteroatoms. The average Bonchev–Trinajstić information content (AvgIpc) is 2.99. The van der Waals surface area contributed by atoms with E-state index in [1.807, 2.05) is 0 Å². The van der Waals surface area contributed by atoms with E-state index >= 15 is 0 Å². The van der Waals surface area contributed by atoms with Gasteiger partial charge >= 0.3 is 0 Å². The molecule has 1 rings (SSSR count). The minimum Gasteiger partial charge on any atom is -0.393 e. The van der Waals surface area contributed by atoms with E-state index in [0.717, 1.165) is 12.3 Å². The summed E-state index contributed by atoms with van der Waals surface area (Å²) < 4.78 is 0. The summed E-state index contributed by atoms with van der Waals surface area (Å²) in [5, 5.41) is 0. The van der Waals surface area contributed by atoms with Gasteiger partial charge in [0.15, 0.2) is 0 Å². The summed E-state index contributed by atoms with van der Waals surface area (Å²) >= 11 is 5.11. The first-order valence-electron chi connectivity index (χ1n) is 6.87. The second-order valence-electron chi connectivity index (χ2n) is 6.38. The van der Waals surface area contributed by atoms with Crippen molar-refractivity contribution in [3.05, 3.63) is 0 Å². The van der Waals surface area contributed by atoms with E-state index in [-0.39, 0.29) is 5.41 Å². The van der Waals surface area contributed by atoms with Gasteiger partial charge < -0.3 is 10.6 Å². The van der Waals surface area contributed by atoms with Crippen LogP contribution in [-0.2, 0) is 0 Å². The second kappa shape index (κ2) is 6.14. The van der Waals surface area contributed by atoms with E-state index in [1.54, 1.807) is 0 Å². The fourth-order valence-corrected chi connectivity index (χ4v) is 2.14. The summed E-state index contributed by atoms with van der Waals surface area (Å²) in [6, 6.07) is 0.656. The maximum atomic E-state index is 5.76. The molecule has 0 unspecified atom stereocenters. The van der Waals surface area contributed by atoms with Crippen molar-refractivity contribution in [1.82, 2.24) is 4.90 Å². The van der Waals surface area contributed by atoms with Crippen molar-refractivity contribution in [2.24, 2.45) is 17.1 Å². The van der Waals surface area contributed by atoms with Crippen LogP contribution < -0.4 is 5.73 Å². The first kappa shape index (κ1) is 14.9. The number of rotatable bonds is 8. The molecule has 0 spiro atoms. The standard InChI is InChI=1S/C14H28N2S/c1-11(2)16(10-12-6-7-12)9-5-8-14(3,4)13(15)17/h11-12H,5-10H2,1-4H3,(H2,15,17). The Morgan fingerprint density at radius 1 is 1.41 bits per heavy atom. The molecular weight excluding hydrogens is 228 g/mol. The minimum atomic E-state index is 0.0115. The molecule has 1 saturated carbocycles. The molecule has 0 heterocycles. The van der Waals surface area contributed by atoms with Gasteiger partial charge in [0, 0.05) is 18.0 Å². The molecular formula is C14H28N2S. The molecule has 2 nitrogen and oxygen atoms in total. The van der Waals surface area contributed by atoms with Gasteiger partial charge in [-0.3, -0.25) is 0 Å². The summed E-state index contributed by atoms with van der Waals surface area (Å²) in [6.07, 6.45) is 5.15. The van der Waals surface area contributed by atoms with E-state index in [9.17, 15) is 0 Å². The SMILES string of the molecule is CC(C)N(CCCC(C)(C)C(N)=S)CC1CC1. The van der Waals surface area contributed by atoms with Gasteiger partial charge in [0.2, 0.25) is 0 Å². The zero-order valence-corrected chi connectivity index (χ0v) is 12.6. The van der Waals surface area contributed by atoms with Crippen LogP contribution in [-0.4, -0.2) is 29.0 Å². The van der Waals surface area contributed by atoms with Crippen LogP contribution in [0.5, 0.6) is 0 Å². The molecule has 1 aliphatic carbocycles. The van der Waals surface area contributed by atoms with Crippen molar-refractivity contribution >= 4 is 17.2 Å². The van der Waals surface area contributed by atoms with Crippen LogP contribution in [0.15, 0.2) is 0 Å². The maximum Gasteiger partial charge on any atom is 0.0784 e. The van der Waals surface area contributed by atoms with Crippen LogP contribution >= 0.6 is 12.2 Å². The smallest absolute Gasteiger partial charge is 0.0784 e. The van der Waals surface area contributed by atoms with Gasteiger partial charge in [-0.2, -0.15) is 0 Å². The van der Waals surface area contributed by atoms with Gasteiger partial charge in [-0.05, 0) is 52.0 Å². The van der Waals surface area contributed by atoms with Crippen LogP contribution in [0.2, 0.25) is 0 Å². The molecule has 0 saturated heterocycles. The van der Waals surface area contributed by atoms with E-state index in [2.05, 4.69) is 32.6 Å². The molecule has 1 aliphatic rings. The summed E-state index contributed by atoms with van der Waals surface area (Å²) in [5.41, 5.74) is 5.77. The summed E-state index contributed by atoms with van der Waals surface area (Å²) in [4.78, 5) is 3.25. The van der Waals surface area contributed by atoms with E-state index < -0.39 is 0 Å². The lowest BCUT2D eigenvalue weighted by molar-refractivity contribution is 0.202. The molecule has 0 bridgehead atoms. The lowest BCUT2D eigenvalue weighted by Gasteiger charge is -2.29. The fraction of sp³-hybridized carbons (Fsp3) is 0.929. The molecule has 0 aromatic carbocycles. The van der Waals surface area contributed by atoms with Crippen LogP contribution in [0.4, 0.5) is 0 Å². The van der Waals surface area contributed by atoms with Crippen molar-refractivity contribution in [3.63, 3.8) is 0 Å². The fourth-order valence-electron chi connectivity index (χ4n) is 2.04. The second-order valence-corrected chi connectivity index (χ2v) is 6.82. The molecule has 0 aromatic heterocycles. The molecule has 0 amide bonds. The Labute approximate surface area is 112 Å². The third-order valence-corrected chi connectivity index (χ3v) is 4.39. The predicted octanol–water partition coefficient (Wildman–Crippen LogP) is 3.20. The van der Waals surface area contributed by atoms with Gasteiger partial charge in [0.05, 0.1) is 4.99 Å².